The fraction of sp³-hybridized carbons (Fsp3) is 0.348. The van der Waals surface area contributed by atoms with Crippen molar-refractivity contribution in [2.45, 2.75) is 39.5 Å². The topological polar surface area (TPSA) is 99.3 Å². The molecule has 1 aliphatic carbocycles. The monoisotopic (exact) mass is 408 g/mol. The molecule has 0 spiro atoms. The van der Waals surface area contributed by atoms with Crippen LogP contribution in [-0.2, 0) is 14.4 Å². The average molecular weight is 409 g/mol. The van der Waals surface area contributed by atoms with E-state index in [1.807, 2.05) is 44.2 Å². The first-order valence-corrected chi connectivity index (χ1v) is 10.3. The van der Waals surface area contributed by atoms with E-state index in [0.29, 0.717) is 23.5 Å². The van der Waals surface area contributed by atoms with Gasteiger partial charge in [-0.15, -0.1) is 0 Å². The first-order chi connectivity index (χ1) is 14.5. The summed E-state index contributed by atoms with van der Waals surface area (Å²) in [7, 11) is 0. The van der Waals surface area contributed by atoms with Gasteiger partial charge in [-0.05, 0) is 62.1 Å². The van der Waals surface area contributed by atoms with Crippen LogP contribution in [0.5, 0.6) is 0 Å². The molecule has 4 N–H and O–H groups in total. The Bertz CT molecular complexity index is 938. The molecule has 1 aliphatic rings. The second-order valence-corrected chi connectivity index (χ2v) is 7.52. The van der Waals surface area contributed by atoms with Crippen molar-refractivity contribution in [2.24, 2.45) is 5.92 Å². The van der Waals surface area contributed by atoms with Crippen LogP contribution in [0.2, 0.25) is 0 Å². The number of benzene rings is 2. The fourth-order valence-corrected chi connectivity index (χ4v) is 3.02. The van der Waals surface area contributed by atoms with Crippen molar-refractivity contribution in [2.75, 3.05) is 27.8 Å². The van der Waals surface area contributed by atoms with E-state index in [1.165, 1.54) is 0 Å². The Kier molecular flexibility index (Phi) is 7.06. The highest BCUT2D eigenvalue weighted by molar-refractivity contribution is 5.98. The van der Waals surface area contributed by atoms with Crippen molar-refractivity contribution < 1.29 is 14.4 Å². The lowest BCUT2D eigenvalue weighted by Gasteiger charge is -2.14. The highest BCUT2D eigenvalue weighted by atomic mass is 16.2. The molecule has 0 aliphatic heterocycles. The number of nitrogens with one attached hydrogen (secondary N) is 4. The number of hydrogen-bond donors (Lipinski definition) is 4. The van der Waals surface area contributed by atoms with Gasteiger partial charge in [0.1, 0.15) is 0 Å². The fourth-order valence-electron chi connectivity index (χ4n) is 3.02. The lowest BCUT2D eigenvalue weighted by molar-refractivity contribution is -0.117. The first kappa shape index (κ1) is 21.4. The quantitative estimate of drug-likeness (QED) is 0.501. The average Bonchev–Trinajstić information content (AvgIpc) is 3.55. The summed E-state index contributed by atoms with van der Waals surface area (Å²) >= 11 is 0. The molecule has 0 bridgehead atoms. The summed E-state index contributed by atoms with van der Waals surface area (Å²) in [5.74, 6) is -0.0794. The Morgan fingerprint density at radius 1 is 0.900 bits per heavy atom. The molecule has 7 nitrogen and oxygen atoms in total. The van der Waals surface area contributed by atoms with Crippen molar-refractivity contribution >= 4 is 40.5 Å². The van der Waals surface area contributed by atoms with E-state index in [1.54, 1.807) is 12.1 Å². The highest BCUT2D eigenvalue weighted by Crippen LogP contribution is 2.31. The second kappa shape index (κ2) is 9.91. The summed E-state index contributed by atoms with van der Waals surface area (Å²) in [4.78, 5) is 36.2. The molecule has 1 fully saturated rings. The number of anilines is 4. The molecule has 0 radical (unpaired) electrons. The Morgan fingerprint density at radius 2 is 1.57 bits per heavy atom. The maximum atomic E-state index is 12.4. The summed E-state index contributed by atoms with van der Waals surface area (Å²) in [6.07, 6.45) is 3.14. The zero-order chi connectivity index (χ0) is 21.5. The molecule has 158 valence electrons. The maximum absolute atomic E-state index is 12.4. The molecular weight excluding hydrogens is 380 g/mol. The maximum Gasteiger partial charge on any atom is 0.243 e. The van der Waals surface area contributed by atoms with Crippen LogP contribution in [-0.4, -0.2) is 24.3 Å². The molecule has 3 rings (SSSR count). The van der Waals surface area contributed by atoms with Crippen LogP contribution in [0.15, 0.2) is 42.5 Å². The molecule has 2 aromatic carbocycles. The standard InChI is InChI=1S/C23H28N4O3/c1-3-6-21(28)25-18-8-4-7-17(13-18)24-14-22(29)26-19-9-5-10-20(15(19)2)27-23(30)16-11-12-16/h4-5,7-10,13,16,24H,3,6,11-12,14H2,1-2H3,(H,25,28)(H,26,29)(H,27,30). The van der Waals surface area contributed by atoms with Crippen LogP contribution in [0, 0.1) is 12.8 Å². The van der Waals surface area contributed by atoms with Crippen molar-refractivity contribution in [3.63, 3.8) is 0 Å². The van der Waals surface area contributed by atoms with E-state index >= 15 is 0 Å². The van der Waals surface area contributed by atoms with Gasteiger partial charge in [0.05, 0.1) is 6.54 Å². The first-order valence-electron chi connectivity index (χ1n) is 10.3. The van der Waals surface area contributed by atoms with E-state index in [4.69, 9.17) is 0 Å². The normalized spacial score (nSPS) is 12.7. The third-order valence-electron chi connectivity index (χ3n) is 4.89. The summed E-state index contributed by atoms with van der Waals surface area (Å²) < 4.78 is 0. The van der Waals surface area contributed by atoms with Crippen LogP contribution in [0.25, 0.3) is 0 Å². The third kappa shape index (κ3) is 6.07. The molecule has 0 atom stereocenters. The summed E-state index contributed by atoms with van der Waals surface area (Å²) in [5, 5.41) is 11.7. The van der Waals surface area contributed by atoms with Gasteiger partial charge in [-0.1, -0.05) is 19.1 Å². The molecular formula is C23H28N4O3. The van der Waals surface area contributed by atoms with Gasteiger partial charge >= 0.3 is 0 Å². The van der Waals surface area contributed by atoms with Crippen LogP contribution in [0.3, 0.4) is 0 Å². The van der Waals surface area contributed by atoms with E-state index in [9.17, 15) is 14.4 Å². The van der Waals surface area contributed by atoms with Gasteiger partial charge in [0.2, 0.25) is 17.7 Å². The third-order valence-corrected chi connectivity index (χ3v) is 4.89. The van der Waals surface area contributed by atoms with Crippen molar-refractivity contribution in [3.05, 3.63) is 48.0 Å². The Hall–Kier alpha value is -3.35. The SMILES string of the molecule is CCCC(=O)Nc1cccc(NCC(=O)Nc2cccc(NC(=O)C3CC3)c2C)c1. The summed E-state index contributed by atoms with van der Waals surface area (Å²) in [5.41, 5.74) is 3.63. The van der Waals surface area contributed by atoms with E-state index in [2.05, 4.69) is 21.3 Å². The Labute approximate surface area is 176 Å². The predicted octanol–water partition coefficient (Wildman–Crippen LogP) is 4.13. The molecule has 0 unspecified atom stereocenters. The number of carbonyl (C=O) groups is 3. The van der Waals surface area contributed by atoms with Crippen LogP contribution < -0.4 is 21.3 Å². The highest BCUT2D eigenvalue weighted by Gasteiger charge is 2.29. The van der Waals surface area contributed by atoms with Crippen molar-refractivity contribution in [1.29, 1.82) is 0 Å². The second-order valence-electron chi connectivity index (χ2n) is 7.52. The van der Waals surface area contributed by atoms with Crippen molar-refractivity contribution in [3.8, 4) is 0 Å². The van der Waals surface area contributed by atoms with Gasteiger partial charge in [0.15, 0.2) is 0 Å². The smallest absolute Gasteiger partial charge is 0.243 e. The molecule has 1 saturated carbocycles. The van der Waals surface area contributed by atoms with Gasteiger partial charge in [-0.3, -0.25) is 14.4 Å². The minimum atomic E-state index is -0.204. The largest absolute Gasteiger partial charge is 0.376 e. The predicted molar refractivity (Wildman–Crippen MR) is 120 cm³/mol. The zero-order valence-corrected chi connectivity index (χ0v) is 17.4. The molecule has 0 aromatic heterocycles. The van der Waals surface area contributed by atoms with Gasteiger partial charge in [-0.25, -0.2) is 0 Å². The van der Waals surface area contributed by atoms with Gasteiger partial charge in [0.25, 0.3) is 0 Å². The number of rotatable bonds is 9. The number of carbonyl (C=O) groups excluding carboxylic acids is 3. The minimum absolute atomic E-state index is 0.0310. The van der Waals surface area contributed by atoms with E-state index in [-0.39, 0.29) is 30.2 Å². The summed E-state index contributed by atoms with van der Waals surface area (Å²) in [6.45, 7) is 3.90. The molecule has 3 amide bonds. The summed E-state index contributed by atoms with van der Waals surface area (Å²) in [6, 6.07) is 12.7. The molecule has 30 heavy (non-hydrogen) atoms. The zero-order valence-electron chi connectivity index (χ0n) is 17.4. The van der Waals surface area contributed by atoms with Crippen molar-refractivity contribution in [1.82, 2.24) is 0 Å². The van der Waals surface area contributed by atoms with Crippen LogP contribution in [0.1, 0.15) is 38.2 Å². The van der Waals surface area contributed by atoms with E-state index < -0.39 is 0 Å². The molecule has 0 saturated heterocycles. The number of amides is 3. The Morgan fingerprint density at radius 3 is 2.27 bits per heavy atom. The Balaban J connectivity index is 1.54. The van der Waals surface area contributed by atoms with E-state index in [0.717, 1.165) is 30.5 Å². The van der Waals surface area contributed by atoms with Gasteiger partial charge < -0.3 is 21.3 Å². The lowest BCUT2D eigenvalue weighted by Crippen LogP contribution is -2.22. The van der Waals surface area contributed by atoms with Gasteiger partial charge in [0, 0.05) is 35.1 Å². The van der Waals surface area contributed by atoms with Crippen LogP contribution in [0.4, 0.5) is 22.7 Å². The minimum Gasteiger partial charge on any atom is -0.376 e. The molecule has 0 heterocycles. The van der Waals surface area contributed by atoms with Gasteiger partial charge in [-0.2, -0.15) is 0 Å². The van der Waals surface area contributed by atoms with Crippen LogP contribution >= 0.6 is 0 Å². The molecule has 2 aromatic rings. The number of hydrogen-bond acceptors (Lipinski definition) is 4. The lowest BCUT2D eigenvalue weighted by atomic mass is 10.1. The molecule has 7 heteroatoms.